The molecule has 0 aliphatic heterocycles. The number of aryl methyl sites for hydroxylation is 1. The van der Waals surface area contributed by atoms with Crippen molar-refractivity contribution in [1.82, 2.24) is 0 Å². The van der Waals surface area contributed by atoms with Crippen molar-refractivity contribution < 1.29 is 17.3 Å². The van der Waals surface area contributed by atoms with Gasteiger partial charge >= 0.3 is 7.25 Å². The molecule has 3 aromatic rings. The Labute approximate surface area is 148 Å². The number of hydrogen-bond donors (Lipinski definition) is 0. The Hall–Kier alpha value is -2.21. The van der Waals surface area contributed by atoms with Crippen molar-refractivity contribution in [2.75, 3.05) is 0 Å². The minimum atomic E-state index is -6.00. The minimum absolute atomic E-state index is 0.0262. The van der Waals surface area contributed by atoms with E-state index in [9.17, 15) is 17.3 Å². The van der Waals surface area contributed by atoms with Gasteiger partial charge in [0.15, 0.2) is 14.7 Å². The van der Waals surface area contributed by atoms with E-state index in [1.165, 1.54) is 20.2 Å². The predicted molar refractivity (Wildman–Crippen MR) is 96.4 cm³/mol. The molecule has 0 aliphatic carbocycles. The molecule has 3 rings (SSSR count). The third-order valence-electron chi connectivity index (χ3n) is 3.27. The number of rotatable bonds is 3. The summed E-state index contributed by atoms with van der Waals surface area (Å²) in [5, 5.41) is 0. The summed E-state index contributed by atoms with van der Waals surface area (Å²) < 4.78 is 39.0. The quantitative estimate of drug-likeness (QED) is 0.287. The molecule has 6 heteroatoms. The Morgan fingerprint density at radius 3 is 1.36 bits per heavy atom. The zero-order valence-electron chi connectivity index (χ0n) is 13.6. The molecule has 0 N–H and O–H groups in total. The lowest BCUT2D eigenvalue weighted by Crippen LogP contribution is -2.06. The molecule has 0 radical (unpaired) electrons. The first-order valence-electron chi connectivity index (χ1n) is 7.63. The lowest BCUT2D eigenvalue weighted by molar-refractivity contribution is 0.368. The molecule has 0 aliphatic rings. The summed E-state index contributed by atoms with van der Waals surface area (Å²) in [5.41, 5.74) is 1.35. The normalized spacial score (nSPS) is 11.0. The van der Waals surface area contributed by atoms with Gasteiger partial charge in [0.25, 0.3) is 0 Å². The Kier molecular flexibility index (Phi) is 6.70. The molecule has 0 amide bonds. The van der Waals surface area contributed by atoms with Gasteiger partial charge < -0.3 is 17.3 Å². The van der Waals surface area contributed by atoms with Crippen molar-refractivity contribution in [1.29, 1.82) is 0 Å². The van der Waals surface area contributed by atoms with Crippen LogP contribution >= 0.6 is 0 Å². The summed E-state index contributed by atoms with van der Waals surface area (Å²) in [7, 11) is -6.03. The van der Waals surface area contributed by atoms with Gasteiger partial charge in [0.05, 0.1) is 10.9 Å². The topological polar surface area (TPSA) is 0 Å². The molecule has 3 aromatic carbocycles. The van der Waals surface area contributed by atoms with Crippen LogP contribution in [0.25, 0.3) is 0 Å². The molecule has 0 unspecified atom stereocenters. The van der Waals surface area contributed by atoms with Gasteiger partial charge in [-0.25, -0.2) is 0 Å². The second-order valence-corrected chi connectivity index (χ2v) is 7.19. The second kappa shape index (κ2) is 8.76. The highest BCUT2D eigenvalue weighted by Crippen LogP contribution is 2.32. The molecule has 0 bridgehead atoms. The molecule has 25 heavy (non-hydrogen) atoms. The number of halogens is 4. The van der Waals surface area contributed by atoms with Gasteiger partial charge in [0, 0.05) is 5.56 Å². The first kappa shape index (κ1) is 19.1. The Balaban J connectivity index is 0.000000399. The van der Waals surface area contributed by atoms with Gasteiger partial charge in [-0.3, -0.25) is 0 Å². The van der Waals surface area contributed by atoms with Crippen LogP contribution in [-0.4, -0.2) is 7.25 Å². The standard InChI is InChI=1S/C19H17S.BF4/c1-16-10-8-9-15-19(16)20(17-11-4-2-5-12-17)18-13-6-3-7-14-18;2-1(3,4)5/h2-15H,1H3;/q+1;-1. The summed E-state index contributed by atoms with van der Waals surface area (Å²) in [6.07, 6.45) is 0. The maximum Gasteiger partial charge on any atom is 0.673 e. The van der Waals surface area contributed by atoms with Crippen LogP contribution in [0.15, 0.2) is 99.6 Å². The summed E-state index contributed by atoms with van der Waals surface area (Å²) in [6, 6.07) is 30.2. The molecule has 0 fully saturated rings. The van der Waals surface area contributed by atoms with Crippen LogP contribution in [0.1, 0.15) is 5.56 Å². The van der Waals surface area contributed by atoms with Crippen LogP contribution in [-0.2, 0) is 10.9 Å². The van der Waals surface area contributed by atoms with E-state index < -0.39 is 7.25 Å². The van der Waals surface area contributed by atoms with Crippen molar-refractivity contribution in [3.63, 3.8) is 0 Å². The molecular weight excluding hydrogens is 347 g/mol. The maximum absolute atomic E-state index is 9.75. The fraction of sp³-hybridized carbons (Fsp3) is 0.0526. The number of hydrogen-bond acceptors (Lipinski definition) is 0. The fourth-order valence-electron chi connectivity index (χ4n) is 2.29. The zero-order chi connectivity index (χ0) is 18.3. The van der Waals surface area contributed by atoms with Gasteiger partial charge in [-0.05, 0) is 37.3 Å². The van der Waals surface area contributed by atoms with E-state index >= 15 is 0 Å². The largest absolute Gasteiger partial charge is 0.673 e. The Morgan fingerprint density at radius 1 is 0.600 bits per heavy atom. The maximum atomic E-state index is 9.75. The van der Waals surface area contributed by atoms with E-state index in [4.69, 9.17) is 0 Å². The van der Waals surface area contributed by atoms with Crippen molar-refractivity contribution >= 4 is 18.1 Å². The van der Waals surface area contributed by atoms with Gasteiger partial charge in [-0.1, -0.05) is 54.6 Å². The molecule has 0 heterocycles. The first-order valence-corrected chi connectivity index (χ1v) is 8.86. The van der Waals surface area contributed by atoms with Gasteiger partial charge in [-0.15, -0.1) is 0 Å². The number of benzene rings is 3. The van der Waals surface area contributed by atoms with Crippen molar-refractivity contribution in [2.45, 2.75) is 21.6 Å². The van der Waals surface area contributed by atoms with Gasteiger partial charge in [0.2, 0.25) is 0 Å². The highest BCUT2D eigenvalue weighted by Gasteiger charge is 2.29. The molecule has 0 atom stereocenters. The molecule has 0 aromatic heterocycles. The van der Waals surface area contributed by atoms with Crippen LogP contribution in [0.2, 0.25) is 0 Å². The Bertz CT molecular complexity index is 731. The summed E-state index contributed by atoms with van der Waals surface area (Å²) in [4.78, 5) is 4.14. The predicted octanol–water partition coefficient (Wildman–Crippen LogP) is 6.39. The van der Waals surface area contributed by atoms with E-state index in [0.717, 1.165) is 0 Å². The molecule has 0 spiro atoms. The molecule has 0 saturated heterocycles. The van der Waals surface area contributed by atoms with E-state index in [1.807, 2.05) is 0 Å². The van der Waals surface area contributed by atoms with E-state index in [0.29, 0.717) is 0 Å². The van der Waals surface area contributed by atoms with Crippen LogP contribution in [0.4, 0.5) is 17.3 Å². The van der Waals surface area contributed by atoms with E-state index in [1.54, 1.807) is 0 Å². The second-order valence-electron chi connectivity index (χ2n) is 5.19. The van der Waals surface area contributed by atoms with Crippen LogP contribution < -0.4 is 0 Å². The highest BCUT2D eigenvalue weighted by molar-refractivity contribution is 7.97. The molecule has 130 valence electrons. The SMILES string of the molecule is Cc1ccccc1[S+](c1ccccc1)c1ccccc1.F[B-](F)(F)F. The van der Waals surface area contributed by atoms with E-state index in [2.05, 4.69) is 91.9 Å². The smallest absolute Gasteiger partial charge is 0.418 e. The monoisotopic (exact) mass is 364 g/mol. The molecular formula is C19H17BF4S. The summed E-state index contributed by atoms with van der Waals surface area (Å²) in [6.45, 7) is 2.20. The van der Waals surface area contributed by atoms with Crippen LogP contribution in [0, 0.1) is 6.92 Å². The van der Waals surface area contributed by atoms with Gasteiger partial charge in [-0.2, -0.15) is 0 Å². The first-order chi connectivity index (χ1) is 11.9. The van der Waals surface area contributed by atoms with Crippen LogP contribution in [0.5, 0.6) is 0 Å². The minimum Gasteiger partial charge on any atom is -0.418 e. The fourth-order valence-corrected chi connectivity index (χ4v) is 4.53. The van der Waals surface area contributed by atoms with Crippen LogP contribution in [0.3, 0.4) is 0 Å². The van der Waals surface area contributed by atoms with Crippen molar-refractivity contribution in [3.05, 3.63) is 90.5 Å². The molecule has 0 saturated carbocycles. The zero-order valence-corrected chi connectivity index (χ0v) is 14.4. The van der Waals surface area contributed by atoms with Gasteiger partial charge in [0.1, 0.15) is 0 Å². The summed E-state index contributed by atoms with van der Waals surface area (Å²) >= 11 is 0. The highest BCUT2D eigenvalue weighted by atomic mass is 32.2. The average Bonchev–Trinajstić information content (AvgIpc) is 2.57. The molecule has 0 nitrogen and oxygen atoms in total. The van der Waals surface area contributed by atoms with E-state index in [-0.39, 0.29) is 10.9 Å². The summed E-state index contributed by atoms with van der Waals surface area (Å²) in [5.74, 6) is 0. The van der Waals surface area contributed by atoms with Crippen molar-refractivity contribution in [3.8, 4) is 0 Å². The average molecular weight is 364 g/mol. The Morgan fingerprint density at radius 2 is 0.960 bits per heavy atom. The lowest BCUT2D eigenvalue weighted by Gasteiger charge is -2.09. The lowest BCUT2D eigenvalue weighted by atomic mass is 10.2. The third-order valence-corrected chi connectivity index (χ3v) is 5.66. The van der Waals surface area contributed by atoms with Crippen molar-refractivity contribution in [2.24, 2.45) is 0 Å². The third kappa shape index (κ3) is 6.31.